The lowest BCUT2D eigenvalue weighted by Crippen LogP contribution is -2.62. The number of carbonyl (C=O) groups excluding carboxylic acids is 13. The van der Waals surface area contributed by atoms with Crippen LogP contribution in [0.2, 0.25) is 0 Å². The molecular formula is C84H113N15O21. The van der Waals surface area contributed by atoms with Gasteiger partial charge in [0.2, 0.25) is 76.8 Å². The molecule has 0 aliphatic rings. The zero-order valence-electron chi connectivity index (χ0n) is 68.0. The quantitative estimate of drug-likeness (QED) is 0.0210. The minimum Gasteiger partial charge on any atom is -0.508 e. The van der Waals surface area contributed by atoms with Gasteiger partial charge < -0.3 is 106 Å². The summed E-state index contributed by atoms with van der Waals surface area (Å²) in [6.07, 6.45) is -3.04. The molecule has 5 aromatic rings. The number of rotatable bonds is 52. The third-order valence-electron chi connectivity index (χ3n) is 19.5. The van der Waals surface area contributed by atoms with Gasteiger partial charge in [-0.2, -0.15) is 0 Å². The minimum absolute atomic E-state index is 0.00976. The summed E-state index contributed by atoms with van der Waals surface area (Å²) in [5, 5.41) is 82.6. The van der Waals surface area contributed by atoms with E-state index in [4.69, 9.17) is 11.5 Å². The number of aromatic hydroxyl groups is 1. The van der Waals surface area contributed by atoms with Crippen molar-refractivity contribution in [2.45, 2.75) is 198 Å². The molecule has 5 aromatic carbocycles. The monoisotopic (exact) mass is 1670 g/mol. The second-order valence-electron chi connectivity index (χ2n) is 29.8. The van der Waals surface area contributed by atoms with E-state index in [1.807, 2.05) is 0 Å². The third-order valence-corrected chi connectivity index (χ3v) is 19.5. The van der Waals surface area contributed by atoms with Crippen LogP contribution in [0.4, 0.5) is 0 Å². The molecule has 0 saturated heterocycles. The molecular weight excluding hydrogens is 1560 g/mol. The molecule has 13 amide bonds. The molecule has 36 nitrogen and oxygen atoms in total. The van der Waals surface area contributed by atoms with Crippen molar-refractivity contribution in [3.63, 3.8) is 0 Å². The van der Waals surface area contributed by atoms with Crippen LogP contribution in [0.1, 0.15) is 121 Å². The second-order valence-corrected chi connectivity index (χ2v) is 29.8. The van der Waals surface area contributed by atoms with Crippen molar-refractivity contribution in [3.05, 3.63) is 173 Å². The molecule has 0 radical (unpaired) electrons. The highest BCUT2D eigenvalue weighted by atomic mass is 16.4. The van der Waals surface area contributed by atoms with Crippen LogP contribution >= 0.6 is 0 Å². The fourth-order valence-electron chi connectivity index (χ4n) is 12.4. The van der Waals surface area contributed by atoms with Crippen LogP contribution in [0.3, 0.4) is 0 Å². The van der Waals surface area contributed by atoms with Crippen molar-refractivity contribution < 1.29 is 102 Å². The summed E-state index contributed by atoms with van der Waals surface area (Å²) in [5.74, 6) is -18.6. The lowest BCUT2D eigenvalue weighted by Gasteiger charge is -2.31. The molecule has 0 unspecified atom stereocenters. The van der Waals surface area contributed by atoms with Gasteiger partial charge in [0, 0.05) is 44.9 Å². The highest BCUT2D eigenvalue weighted by molar-refractivity contribution is 6.00. The van der Waals surface area contributed by atoms with Crippen molar-refractivity contribution in [2.75, 3.05) is 26.2 Å². The molecule has 22 N–H and O–H groups in total. The summed E-state index contributed by atoms with van der Waals surface area (Å²) in [6, 6.07) is 20.8. The van der Waals surface area contributed by atoms with Gasteiger partial charge in [0.1, 0.15) is 78.8 Å². The smallest absolute Gasteiger partial charge is 0.322 e. The average Bonchev–Trinajstić information content (AvgIpc) is 0.854. The standard InChI is InChI=1S/C84H113N15O21/c1-7-50(6)72(99-83(119)71(49(4)5)98-80(116)64(44-55-31-33-56(101)34-32-55)96-81(117)65(47-100)89-66(102)45-87-73(109)61(41-52-24-14-9-15-25-52)97-82(118)70(86)48(2)3)84(120)92-59(36-38-68(105)106)76(112)90-57(30-20-21-39-85)75(111)94-63(43-54-28-18-11-19-29-54)79(115)95-62(42-53-26-16-10-17-27-53)78(114)91-58(35-37-67(103)104)77(113)93-60(74(110)88-46-69(107)108)40-51-22-12-8-13-23-51/h8-19,22-29,31-34,48-50,57-65,70-72,100-101H,7,20-21,30,35-47,85-86H2,1-6H3,(H,87,109)(H,88,110)(H,89,102)(H,90,112)(H,91,114)(H,92,120)(H,93,113)(H,94,111)(H,95,115)(H,96,117)(H,97,118)(H,98,116)(H,99,119)(H,103,104)(H,105,106)(H,107,108)/t50-,57-,58-,59-,60-,61-,62-,63-,64-,65-,70-,71-,72-/m0/s1. The number of amides is 13. The summed E-state index contributed by atoms with van der Waals surface area (Å²) in [4.78, 5) is 221. The van der Waals surface area contributed by atoms with Crippen molar-refractivity contribution in [2.24, 2.45) is 29.2 Å². The first-order chi connectivity index (χ1) is 57.1. The van der Waals surface area contributed by atoms with Gasteiger partial charge in [-0.1, -0.05) is 181 Å². The number of carboxylic acids is 3. The molecule has 0 heterocycles. The molecule has 0 spiro atoms. The molecule has 0 aliphatic carbocycles. The summed E-state index contributed by atoms with van der Waals surface area (Å²) < 4.78 is 0. The molecule has 0 aromatic heterocycles. The van der Waals surface area contributed by atoms with E-state index in [1.165, 1.54) is 24.3 Å². The van der Waals surface area contributed by atoms with E-state index in [2.05, 4.69) is 69.1 Å². The number of benzene rings is 5. The van der Waals surface area contributed by atoms with E-state index in [0.717, 1.165) is 0 Å². The zero-order valence-corrected chi connectivity index (χ0v) is 68.0. The first-order valence-electron chi connectivity index (χ1n) is 39.6. The SMILES string of the molecule is CC[C@H](C)[C@H](NC(=O)[C@@H](NC(=O)[C@H](Cc1ccc(O)cc1)NC(=O)[C@H](CO)NC(=O)CNC(=O)[C@H](Cc1ccccc1)NC(=O)[C@@H](N)C(C)C)C(C)C)C(=O)N[C@@H](CCC(=O)O)C(=O)N[C@@H](CCCCN)C(=O)N[C@@H](Cc1ccccc1)C(=O)N[C@@H](Cc1ccccc1)C(=O)N[C@@H](CCC(=O)O)C(=O)N[C@@H](Cc1ccccc1)C(=O)NCC(=O)O. The van der Waals surface area contributed by atoms with E-state index < -0.39 is 224 Å². The molecule has 650 valence electrons. The molecule has 13 atom stereocenters. The topological polar surface area (TPSA) is 583 Å². The molecule has 36 heteroatoms. The van der Waals surface area contributed by atoms with E-state index in [9.17, 15) is 97.5 Å². The number of carboxylic acid groups (broad SMARTS) is 3. The van der Waals surface area contributed by atoms with Crippen molar-refractivity contribution >= 4 is 94.7 Å². The lowest BCUT2D eigenvalue weighted by atomic mass is 9.95. The number of nitrogens with one attached hydrogen (secondary N) is 13. The number of aliphatic carboxylic acids is 3. The number of carbonyl (C=O) groups is 16. The van der Waals surface area contributed by atoms with Crippen LogP contribution in [0.15, 0.2) is 146 Å². The Balaban J connectivity index is 1.39. The van der Waals surface area contributed by atoms with Crippen LogP contribution in [-0.4, -0.2) is 219 Å². The van der Waals surface area contributed by atoms with E-state index in [0.29, 0.717) is 34.2 Å². The number of hydrogen-bond acceptors (Lipinski definition) is 20. The minimum atomic E-state index is -1.75. The van der Waals surface area contributed by atoms with Gasteiger partial charge in [-0.05, 0) is 96.4 Å². The van der Waals surface area contributed by atoms with Gasteiger partial charge in [-0.15, -0.1) is 0 Å². The highest BCUT2D eigenvalue weighted by Gasteiger charge is 2.39. The van der Waals surface area contributed by atoms with E-state index in [-0.39, 0.29) is 69.6 Å². The number of aliphatic hydroxyl groups excluding tert-OH is 1. The summed E-state index contributed by atoms with van der Waals surface area (Å²) in [5.41, 5.74) is 14.5. The van der Waals surface area contributed by atoms with Gasteiger partial charge in [0.05, 0.1) is 19.2 Å². The van der Waals surface area contributed by atoms with Gasteiger partial charge in [0.25, 0.3) is 0 Å². The fourth-order valence-corrected chi connectivity index (χ4v) is 12.4. The summed E-state index contributed by atoms with van der Waals surface area (Å²) in [7, 11) is 0. The Morgan fingerprint density at radius 2 is 0.650 bits per heavy atom. The Morgan fingerprint density at radius 3 is 1.01 bits per heavy atom. The highest BCUT2D eigenvalue weighted by Crippen LogP contribution is 2.18. The normalized spacial score (nSPS) is 14.3. The second kappa shape index (κ2) is 50.8. The maximum absolute atomic E-state index is 15.0. The van der Waals surface area contributed by atoms with Gasteiger partial charge in [0.15, 0.2) is 0 Å². The molecule has 0 aliphatic heterocycles. The van der Waals surface area contributed by atoms with E-state index >= 15 is 4.79 Å². The molecule has 0 saturated carbocycles. The maximum atomic E-state index is 15.0. The van der Waals surface area contributed by atoms with Crippen LogP contribution in [0, 0.1) is 17.8 Å². The van der Waals surface area contributed by atoms with Crippen molar-refractivity contribution in [1.82, 2.24) is 69.1 Å². The molecule has 0 fully saturated rings. The maximum Gasteiger partial charge on any atom is 0.322 e. The summed E-state index contributed by atoms with van der Waals surface area (Å²) in [6.45, 7) is 7.32. The van der Waals surface area contributed by atoms with Crippen molar-refractivity contribution in [1.29, 1.82) is 0 Å². The number of nitrogens with two attached hydrogens (primary N) is 2. The largest absolute Gasteiger partial charge is 0.508 e. The lowest BCUT2D eigenvalue weighted by molar-refractivity contribution is -0.139. The Labute approximate surface area is 695 Å². The van der Waals surface area contributed by atoms with Crippen LogP contribution in [0.25, 0.3) is 0 Å². The molecule has 120 heavy (non-hydrogen) atoms. The van der Waals surface area contributed by atoms with Crippen molar-refractivity contribution in [3.8, 4) is 5.75 Å². The van der Waals surface area contributed by atoms with Gasteiger partial charge >= 0.3 is 17.9 Å². The number of unbranched alkanes of at least 4 members (excludes halogenated alkanes) is 1. The first-order valence-corrected chi connectivity index (χ1v) is 39.6. The Kier molecular flexibility index (Phi) is 41.4. The summed E-state index contributed by atoms with van der Waals surface area (Å²) >= 11 is 0. The average molecular weight is 1670 g/mol. The Hall–Kier alpha value is -12.7. The molecule has 0 bridgehead atoms. The number of phenols is 1. The van der Waals surface area contributed by atoms with Crippen LogP contribution in [-0.2, 0) is 109 Å². The number of hydrogen-bond donors (Lipinski definition) is 20. The first kappa shape index (κ1) is 97.9. The fraction of sp³-hybridized carbons (Fsp3) is 0.452. The van der Waals surface area contributed by atoms with Crippen LogP contribution < -0.4 is 80.6 Å². The predicted molar refractivity (Wildman–Crippen MR) is 438 cm³/mol. The van der Waals surface area contributed by atoms with Gasteiger partial charge in [-0.3, -0.25) is 76.7 Å². The molecule has 5 rings (SSSR count). The van der Waals surface area contributed by atoms with E-state index in [1.54, 1.807) is 163 Å². The zero-order chi connectivity index (χ0) is 88.5. The predicted octanol–water partition coefficient (Wildman–Crippen LogP) is -0.908. The Bertz CT molecular complexity index is 4240. The Morgan fingerprint density at radius 1 is 0.333 bits per heavy atom. The number of aliphatic hydroxyl groups is 1. The number of phenolic OH excluding ortho intramolecular Hbond substituents is 1. The van der Waals surface area contributed by atoms with Gasteiger partial charge in [-0.25, -0.2) is 0 Å². The third kappa shape index (κ3) is 34.5. The van der Waals surface area contributed by atoms with Crippen LogP contribution in [0.5, 0.6) is 5.75 Å².